The molecule has 0 atom stereocenters. The Hall–Kier alpha value is -1.40. The Kier molecular flexibility index (Phi) is 3.68. The number of pyridine rings is 1. The SMILES string of the molecule is Cc1ccc(S(=O)(=O)[N-][n+]2ccccc2Br)cc1. The van der Waals surface area contributed by atoms with Crippen LogP contribution in [0.3, 0.4) is 0 Å². The van der Waals surface area contributed by atoms with Crippen molar-refractivity contribution >= 4 is 26.0 Å². The number of rotatable bonds is 3. The fourth-order valence-electron chi connectivity index (χ4n) is 1.35. The number of aryl methyl sites for hydroxylation is 1. The first-order valence-corrected chi connectivity index (χ1v) is 7.43. The topological polar surface area (TPSA) is 52.1 Å². The van der Waals surface area contributed by atoms with Gasteiger partial charge >= 0.3 is 0 Å². The average molecular weight is 327 g/mol. The second-order valence-corrected chi connectivity index (χ2v) is 6.14. The van der Waals surface area contributed by atoms with Crippen LogP contribution in [0.2, 0.25) is 0 Å². The van der Waals surface area contributed by atoms with E-state index in [9.17, 15) is 8.42 Å². The van der Waals surface area contributed by atoms with E-state index < -0.39 is 10.0 Å². The van der Waals surface area contributed by atoms with Gasteiger partial charge in [-0.25, -0.2) is 13.1 Å². The molecule has 0 fully saturated rings. The number of nitrogens with zero attached hydrogens (tertiary/aromatic N) is 2. The van der Waals surface area contributed by atoms with Gasteiger partial charge < -0.3 is 4.83 Å². The molecule has 0 radical (unpaired) electrons. The normalized spacial score (nSPS) is 11.2. The first-order chi connectivity index (χ1) is 8.49. The van der Waals surface area contributed by atoms with Gasteiger partial charge in [-0.1, -0.05) is 17.7 Å². The molecule has 0 aliphatic heterocycles. The highest BCUT2D eigenvalue weighted by Crippen LogP contribution is 2.16. The largest absolute Gasteiger partial charge is 0.317 e. The third-order valence-corrected chi connectivity index (χ3v) is 4.19. The molecule has 0 aliphatic carbocycles. The maximum atomic E-state index is 12.1. The van der Waals surface area contributed by atoms with Crippen molar-refractivity contribution in [2.75, 3.05) is 0 Å². The smallest absolute Gasteiger partial charge is 0.244 e. The molecule has 0 spiro atoms. The summed E-state index contributed by atoms with van der Waals surface area (Å²) >= 11 is 3.24. The van der Waals surface area contributed by atoms with E-state index in [1.54, 1.807) is 48.7 Å². The minimum absolute atomic E-state index is 0.177. The molecule has 94 valence electrons. The van der Waals surface area contributed by atoms with Crippen molar-refractivity contribution in [2.45, 2.75) is 11.8 Å². The minimum atomic E-state index is -3.69. The van der Waals surface area contributed by atoms with Crippen LogP contribution in [0.15, 0.2) is 58.2 Å². The highest BCUT2D eigenvalue weighted by Gasteiger charge is 2.10. The molecular formula is C12H11BrN2O2S. The summed E-state index contributed by atoms with van der Waals surface area (Å²) in [6.45, 7) is 1.90. The van der Waals surface area contributed by atoms with Gasteiger partial charge in [0.1, 0.15) is 0 Å². The number of halogens is 1. The number of aromatic nitrogens is 1. The lowest BCUT2D eigenvalue weighted by Crippen LogP contribution is -2.33. The summed E-state index contributed by atoms with van der Waals surface area (Å²) in [6, 6.07) is 11.8. The van der Waals surface area contributed by atoms with E-state index in [1.807, 2.05) is 6.92 Å². The molecular weight excluding hydrogens is 316 g/mol. The van der Waals surface area contributed by atoms with E-state index in [4.69, 9.17) is 0 Å². The van der Waals surface area contributed by atoms with E-state index in [0.29, 0.717) is 4.60 Å². The van der Waals surface area contributed by atoms with Gasteiger partial charge in [-0.15, -0.1) is 0 Å². The van der Waals surface area contributed by atoms with Gasteiger partial charge in [0, 0.05) is 28.1 Å². The third-order valence-electron chi connectivity index (χ3n) is 2.31. The van der Waals surface area contributed by atoms with E-state index in [-0.39, 0.29) is 4.90 Å². The molecule has 0 saturated heterocycles. The predicted octanol–water partition coefficient (Wildman–Crippen LogP) is 2.57. The zero-order valence-corrected chi connectivity index (χ0v) is 12.0. The zero-order chi connectivity index (χ0) is 13.2. The third kappa shape index (κ3) is 2.88. The Labute approximate surface area is 114 Å². The summed E-state index contributed by atoms with van der Waals surface area (Å²) < 4.78 is 26.0. The highest BCUT2D eigenvalue weighted by molar-refractivity contribution is 9.10. The molecule has 1 aromatic carbocycles. The van der Waals surface area contributed by atoms with Crippen LogP contribution < -0.4 is 4.68 Å². The number of sulfonamides is 1. The standard InChI is InChI=1S/C12H11BrN2O2S/c1-10-5-7-11(8-6-10)18(16,17)14-15-9-3-2-4-12(15)13/h2-9H,1H3. The second kappa shape index (κ2) is 5.07. The van der Waals surface area contributed by atoms with Crippen LogP contribution in [-0.4, -0.2) is 8.42 Å². The van der Waals surface area contributed by atoms with Crippen molar-refractivity contribution < 1.29 is 13.1 Å². The molecule has 6 heteroatoms. The maximum Gasteiger partial charge on any atom is 0.244 e. The maximum absolute atomic E-state index is 12.1. The fraction of sp³-hybridized carbons (Fsp3) is 0.0833. The Balaban J connectivity index is 2.33. The van der Waals surface area contributed by atoms with Crippen molar-refractivity contribution in [1.82, 2.24) is 0 Å². The minimum Gasteiger partial charge on any atom is -0.317 e. The Bertz CT molecular complexity index is 654. The van der Waals surface area contributed by atoms with E-state index in [0.717, 1.165) is 5.56 Å². The molecule has 1 heterocycles. The van der Waals surface area contributed by atoms with Crippen molar-refractivity contribution in [3.63, 3.8) is 0 Å². The lowest BCUT2D eigenvalue weighted by molar-refractivity contribution is -0.625. The molecule has 0 unspecified atom stereocenters. The summed E-state index contributed by atoms with van der Waals surface area (Å²) in [7, 11) is -3.69. The summed E-state index contributed by atoms with van der Waals surface area (Å²) in [5.41, 5.74) is 1.00. The molecule has 0 saturated carbocycles. The van der Waals surface area contributed by atoms with Crippen molar-refractivity contribution in [3.8, 4) is 0 Å². The highest BCUT2D eigenvalue weighted by atomic mass is 79.9. The summed E-state index contributed by atoms with van der Waals surface area (Å²) in [4.78, 5) is 3.91. The average Bonchev–Trinajstić information content (AvgIpc) is 2.32. The number of hydrogen-bond acceptors (Lipinski definition) is 2. The van der Waals surface area contributed by atoms with Crippen LogP contribution in [0.5, 0.6) is 0 Å². The van der Waals surface area contributed by atoms with Crippen LogP contribution in [0.4, 0.5) is 0 Å². The van der Waals surface area contributed by atoms with Gasteiger partial charge in [0.05, 0.1) is 4.90 Å². The summed E-state index contributed by atoms with van der Waals surface area (Å²) in [5, 5.41) is 0. The van der Waals surface area contributed by atoms with Crippen molar-refractivity contribution in [1.29, 1.82) is 0 Å². The van der Waals surface area contributed by atoms with Gasteiger partial charge in [0.2, 0.25) is 4.60 Å². The molecule has 1 aromatic heterocycles. The quantitative estimate of drug-likeness (QED) is 0.643. The van der Waals surface area contributed by atoms with Crippen LogP contribution in [0, 0.1) is 6.92 Å². The van der Waals surface area contributed by atoms with Gasteiger partial charge in [-0.05, 0) is 25.1 Å². The lowest BCUT2D eigenvalue weighted by atomic mass is 10.2. The number of hydrogen-bond donors (Lipinski definition) is 0. The van der Waals surface area contributed by atoms with Gasteiger partial charge in [0.25, 0.3) is 0 Å². The predicted molar refractivity (Wildman–Crippen MR) is 71.5 cm³/mol. The number of benzene rings is 1. The van der Waals surface area contributed by atoms with Crippen molar-refractivity contribution in [3.05, 3.63) is 63.7 Å². The van der Waals surface area contributed by atoms with Crippen LogP contribution in [-0.2, 0) is 10.0 Å². The zero-order valence-electron chi connectivity index (χ0n) is 9.62. The molecule has 0 bridgehead atoms. The second-order valence-electron chi connectivity index (χ2n) is 3.74. The van der Waals surface area contributed by atoms with E-state index in [2.05, 4.69) is 20.8 Å². The van der Waals surface area contributed by atoms with E-state index in [1.165, 1.54) is 4.68 Å². The molecule has 2 aromatic rings. The first-order valence-electron chi connectivity index (χ1n) is 5.20. The molecule has 0 amide bonds. The lowest BCUT2D eigenvalue weighted by Gasteiger charge is -2.15. The van der Waals surface area contributed by atoms with E-state index >= 15 is 0 Å². The molecule has 4 nitrogen and oxygen atoms in total. The Morgan fingerprint density at radius 2 is 1.78 bits per heavy atom. The van der Waals surface area contributed by atoms with Crippen LogP contribution in [0.25, 0.3) is 4.83 Å². The van der Waals surface area contributed by atoms with Crippen LogP contribution in [0.1, 0.15) is 5.56 Å². The molecule has 18 heavy (non-hydrogen) atoms. The van der Waals surface area contributed by atoms with Gasteiger partial charge in [-0.2, -0.15) is 0 Å². The van der Waals surface area contributed by atoms with Gasteiger partial charge in [-0.3, -0.25) is 0 Å². The summed E-state index contributed by atoms with van der Waals surface area (Å²) in [5.74, 6) is 0. The Morgan fingerprint density at radius 1 is 1.11 bits per heavy atom. The fourth-order valence-corrected chi connectivity index (χ4v) is 2.76. The van der Waals surface area contributed by atoms with Crippen LogP contribution >= 0.6 is 15.9 Å². The van der Waals surface area contributed by atoms with Gasteiger partial charge in [0.15, 0.2) is 16.2 Å². The first kappa shape index (κ1) is 13.0. The Morgan fingerprint density at radius 3 is 2.39 bits per heavy atom. The molecule has 0 aliphatic rings. The molecule has 0 N–H and O–H groups in total. The monoisotopic (exact) mass is 326 g/mol. The van der Waals surface area contributed by atoms with Crippen molar-refractivity contribution in [2.24, 2.45) is 0 Å². The summed E-state index contributed by atoms with van der Waals surface area (Å²) in [6.07, 6.45) is 1.57. The molecule has 2 rings (SSSR count).